The number of hydrogen-bond donors (Lipinski definition) is 2. The minimum Gasteiger partial charge on any atom is -0.394 e. The van der Waals surface area contributed by atoms with E-state index in [-0.39, 0.29) is 12.7 Å². The first-order valence-electron chi connectivity index (χ1n) is 5.87. The molecular weight excluding hydrogens is 208 g/mol. The maximum atomic E-state index is 9.56. The summed E-state index contributed by atoms with van der Waals surface area (Å²) >= 11 is 0. The first kappa shape index (κ1) is 13.6. The van der Waals surface area contributed by atoms with Gasteiger partial charge in [0.15, 0.2) is 6.29 Å². The summed E-state index contributed by atoms with van der Waals surface area (Å²) in [4.78, 5) is 0. The van der Waals surface area contributed by atoms with Crippen molar-refractivity contribution in [1.82, 2.24) is 0 Å². The lowest BCUT2D eigenvalue weighted by Crippen LogP contribution is -2.39. The van der Waals surface area contributed by atoms with Crippen LogP contribution in [0.3, 0.4) is 0 Å². The van der Waals surface area contributed by atoms with Crippen LogP contribution in [0.5, 0.6) is 0 Å². The summed E-state index contributed by atoms with van der Waals surface area (Å²) in [5, 5.41) is 18.5. The Balaban J connectivity index is 2.33. The third-order valence-electron chi connectivity index (χ3n) is 2.60. The Morgan fingerprint density at radius 1 is 1.50 bits per heavy atom. The van der Waals surface area contributed by atoms with Gasteiger partial charge >= 0.3 is 0 Å². The molecule has 3 atom stereocenters. The Morgan fingerprint density at radius 2 is 2.25 bits per heavy atom. The van der Waals surface area contributed by atoms with E-state index in [2.05, 4.69) is 13.0 Å². The summed E-state index contributed by atoms with van der Waals surface area (Å²) in [5.41, 5.74) is 1.16. The average Bonchev–Trinajstić information content (AvgIpc) is 2.26. The molecule has 4 heteroatoms. The SMILES string of the molecule is CC/C=C(\C)COC1CC(O)CC(CO)O1. The summed E-state index contributed by atoms with van der Waals surface area (Å²) < 4.78 is 11.0. The maximum Gasteiger partial charge on any atom is 0.160 e. The van der Waals surface area contributed by atoms with Crippen molar-refractivity contribution in [2.75, 3.05) is 13.2 Å². The molecule has 1 rings (SSSR count). The lowest BCUT2D eigenvalue weighted by Gasteiger charge is -2.32. The van der Waals surface area contributed by atoms with Crippen LogP contribution in [0.2, 0.25) is 0 Å². The minimum atomic E-state index is -0.439. The minimum absolute atomic E-state index is 0.0687. The molecule has 1 aliphatic heterocycles. The Hall–Kier alpha value is -0.420. The van der Waals surface area contributed by atoms with Crippen LogP contribution in [-0.4, -0.2) is 41.9 Å². The van der Waals surface area contributed by atoms with Gasteiger partial charge in [0, 0.05) is 12.8 Å². The summed E-state index contributed by atoms with van der Waals surface area (Å²) in [5.74, 6) is 0. The molecule has 1 heterocycles. The summed E-state index contributed by atoms with van der Waals surface area (Å²) in [7, 11) is 0. The van der Waals surface area contributed by atoms with Gasteiger partial charge in [-0.1, -0.05) is 18.6 Å². The molecule has 0 amide bonds. The Bertz CT molecular complexity index is 227. The molecule has 0 aliphatic carbocycles. The largest absolute Gasteiger partial charge is 0.394 e. The van der Waals surface area contributed by atoms with Gasteiger partial charge in [-0.2, -0.15) is 0 Å². The average molecular weight is 230 g/mol. The summed E-state index contributed by atoms with van der Waals surface area (Å²) in [6, 6.07) is 0. The van der Waals surface area contributed by atoms with Crippen LogP contribution in [0.4, 0.5) is 0 Å². The van der Waals surface area contributed by atoms with Crippen LogP contribution in [0.1, 0.15) is 33.1 Å². The number of aliphatic hydroxyl groups is 2. The molecule has 94 valence electrons. The van der Waals surface area contributed by atoms with E-state index in [1.54, 1.807) is 0 Å². The molecule has 2 N–H and O–H groups in total. The second kappa shape index (κ2) is 7.01. The van der Waals surface area contributed by atoms with Gasteiger partial charge in [0.25, 0.3) is 0 Å². The lowest BCUT2D eigenvalue weighted by atomic mass is 10.1. The first-order valence-corrected chi connectivity index (χ1v) is 5.87. The van der Waals surface area contributed by atoms with Crippen LogP contribution < -0.4 is 0 Å². The third-order valence-corrected chi connectivity index (χ3v) is 2.60. The fourth-order valence-electron chi connectivity index (χ4n) is 1.80. The van der Waals surface area contributed by atoms with Crippen molar-refractivity contribution < 1.29 is 19.7 Å². The van der Waals surface area contributed by atoms with Crippen molar-refractivity contribution in [1.29, 1.82) is 0 Å². The highest BCUT2D eigenvalue weighted by atomic mass is 16.7. The quantitative estimate of drug-likeness (QED) is 0.697. The highest BCUT2D eigenvalue weighted by molar-refractivity contribution is 4.97. The molecular formula is C12H22O4. The highest BCUT2D eigenvalue weighted by Gasteiger charge is 2.28. The Kier molecular flexibility index (Phi) is 5.98. The predicted octanol–water partition coefficient (Wildman–Crippen LogP) is 1.22. The fourth-order valence-corrected chi connectivity index (χ4v) is 1.80. The molecule has 4 nitrogen and oxygen atoms in total. The van der Waals surface area contributed by atoms with E-state index in [1.807, 2.05) is 6.92 Å². The number of aliphatic hydroxyl groups excluding tert-OH is 2. The molecule has 0 aromatic rings. The topological polar surface area (TPSA) is 58.9 Å². The standard InChI is InChI=1S/C12H22O4/c1-3-4-9(2)8-15-12-6-10(14)5-11(7-13)16-12/h4,10-14H,3,5-8H2,1-2H3/b9-4+. The second-order valence-corrected chi connectivity index (χ2v) is 4.27. The van der Waals surface area contributed by atoms with Crippen molar-refractivity contribution in [3.8, 4) is 0 Å². The lowest BCUT2D eigenvalue weighted by molar-refractivity contribution is -0.218. The van der Waals surface area contributed by atoms with E-state index >= 15 is 0 Å². The monoisotopic (exact) mass is 230 g/mol. The van der Waals surface area contributed by atoms with Gasteiger partial charge in [-0.05, 0) is 13.3 Å². The van der Waals surface area contributed by atoms with Crippen molar-refractivity contribution in [3.05, 3.63) is 11.6 Å². The van der Waals surface area contributed by atoms with E-state index in [1.165, 1.54) is 0 Å². The third kappa shape index (κ3) is 4.61. The zero-order chi connectivity index (χ0) is 12.0. The van der Waals surface area contributed by atoms with E-state index < -0.39 is 12.4 Å². The summed E-state index contributed by atoms with van der Waals surface area (Å²) in [6.45, 7) is 4.53. The predicted molar refractivity (Wildman–Crippen MR) is 61.0 cm³/mol. The molecule has 1 saturated heterocycles. The summed E-state index contributed by atoms with van der Waals surface area (Å²) in [6.07, 6.45) is 2.92. The van der Waals surface area contributed by atoms with Crippen molar-refractivity contribution >= 4 is 0 Å². The smallest absolute Gasteiger partial charge is 0.160 e. The van der Waals surface area contributed by atoms with Gasteiger partial charge < -0.3 is 19.7 Å². The zero-order valence-electron chi connectivity index (χ0n) is 10.1. The van der Waals surface area contributed by atoms with Crippen LogP contribution in [-0.2, 0) is 9.47 Å². The molecule has 0 saturated carbocycles. The first-order chi connectivity index (χ1) is 7.65. The van der Waals surface area contributed by atoms with Crippen LogP contribution in [0, 0.1) is 0 Å². The second-order valence-electron chi connectivity index (χ2n) is 4.27. The fraction of sp³-hybridized carbons (Fsp3) is 0.833. The van der Waals surface area contributed by atoms with E-state index in [9.17, 15) is 5.11 Å². The van der Waals surface area contributed by atoms with Gasteiger partial charge in [-0.3, -0.25) is 0 Å². The van der Waals surface area contributed by atoms with Crippen molar-refractivity contribution in [3.63, 3.8) is 0 Å². The van der Waals surface area contributed by atoms with Crippen LogP contribution in [0.25, 0.3) is 0 Å². The Morgan fingerprint density at radius 3 is 2.88 bits per heavy atom. The molecule has 0 aromatic carbocycles. The van der Waals surface area contributed by atoms with Crippen LogP contribution >= 0.6 is 0 Å². The highest BCUT2D eigenvalue weighted by Crippen LogP contribution is 2.20. The molecule has 1 fully saturated rings. The van der Waals surface area contributed by atoms with Crippen LogP contribution in [0.15, 0.2) is 11.6 Å². The van der Waals surface area contributed by atoms with E-state index in [0.29, 0.717) is 19.4 Å². The van der Waals surface area contributed by atoms with Crippen molar-refractivity contribution in [2.45, 2.75) is 51.6 Å². The van der Waals surface area contributed by atoms with Crippen molar-refractivity contribution in [2.24, 2.45) is 0 Å². The molecule has 0 aromatic heterocycles. The zero-order valence-corrected chi connectivity index (χ0v) is 10.1. The van der Waals surface area contributed by atoms with E-state index in [4.69, 9.17) is 14.6 Å². The Labute approximate surface area is 96.9 Å². The number of ether oxygens (including phenoxy) is 2. The number of hydrogen-bond acceptors (Lipinski definition) is 4. The molecule has 0 bridgehead atoms. The number of rotatable bonds is 5. The molecule has 1 aliphatic rings. The van der Waals surface area contributed by atoms with E-state index in [0.717, 1.165) is 12.0 Å². The molecule has 0 radical (unpaired) electrons. The maximum absolute atomic E-state index is 9.56. The molecule has 3 unspecified atom stereocenters. The molecule has 0 spiro atoms. The van der Waals surface area contributed by atoms with Gasteiger partial charge in [0.1, 0.15) is 0 Å². The number of allylic oxidation sites excluding steroid dienone is 1. The van der Waals surface area contributed by atoms with Gasteiger partial charge in [0.2, 0.25) is 0 Å². The molecule has 16 heavy (non-hydrogen) atoms. The normalized spacial score (nSPS) is 31.8. The van der Waals surface area contributed by atoms with Gasteiger partial charge in [-0.25, -0.2) is 0 Å². The van der Waals surface area contributed by atoms with Gasteiger partial charge in [0.05, 0.1) is 25.4 Å². The van der Waals surface area contributed by atoms with Gasteiger partial charge in [-0.15, -0.1) is 0 Å².